The zero-order valence-corrected chi connectivity index (χ0v) is 19.3. The molecule has 0 saturated heterocycles. The number of aldehydes is 1. The molecule has 0 amide bonds. The van der Waals surface area contributed by atoms with Gasteiger partial charge in [0.2, 0.25) is 0 Å². The molecule has 35 heavy (non-hydrogen) atoms. The van der Waals surface area contributed by atoms with Crippen LogP contribution >= 0.6 is 0 Å². The van der Waals surface area contributed by atoms with E-state index in [0.29, 0.717) is 30.2 Å². The smallest absolute Gasteiger partial charge is 0.296 e. The molecule has 0 aliphatic rings. The first kappa shape index (κ1) is 22.2. The molecule has 0 spiro atoms. The summed E-state index contributed by atoms with van der Waals surface area (Å²) in [7, 11) is 0. The van der Waals surface area contributed by atoms with E-state index in [0.717, 1.165) is 40.7 Å². The van der Waals surface area contributed by atoms with Gasteiger partial charge in [0.15, 0.2) is 12.1 Å². The molecular formula is C27H24N6O2. The van der Waals surface area contributed by atoms with E-state index in [1.165, 1.54) is 4.57 Å². The van der Waals surface area contributed by atoms with Crippen molar-refractivity contribution in [3.8, 4) is 28.2 Å². The van der Waals surface area contributed by atoms with E-state index in [1.54, 1.807) is 4.57 Å². The lowest BCUT2D eigenvalue weighted by molar-refractivity contribution is 0.111. The number of para-hydroxylation sites is 1. The van der Waals surface area contributed by atoms with Crippen LogP contribution < -0.4 is 5.69 Å². The number of hydrogen-bond donors (Lipinski definition) is 1. The number of carbonyl (C=O) groups excluding carboxylic acids is 1. The molecule has 5 rings (SSSR count). The Hall–Kier alpha value is -4.59. The molecule has 0 radical (unpaired) electrons. The van der Waals surface area contributed by atoms with Crippen LogP contribution in [0, 0.1) is 0 Å². The van der Waals surface area contributed by atoms with Gasteiger partial charge in [0.1, 0.15) is 5.69 Å². The third-order valence-corrected chi connectivity index (χ3v) is 6.03. The number of benzene rings is 3. The van der Waals surface area contributed by atoms with Gasteiger partial charge in [-0.2, -0.15) is 0 Å². The minimum atomic E-state index is -0.214. The number of imidazole rings is 1. The van der Waals surface area contributed by atoms with Gasteiger partial charge < -0.3 is 0 Å². The van der Waals surface area contributed by atoms with Crippen LogP contribution in [0.3, 0.4) is 0 Å². The number of rotatable bonds is 8. The lowest BCUT2D eigenvalue weighted by Crippen LogP contribution is -2.25. The number of nitrogens with zero attached hydrogens (tertiary/aromatic N) is 5. The van der Waals surface area contributed by atoms with Crippen molar-refractivity contribution < 1.29 is 4.79 Å². The predicted molar refractivity (Wildman–Crippen MR) is 134 cm³/mol. The van der Waals surface area contributed by atoms with Crippen molar-refractivity contribution in [1.82, 2.24) is 29.8 Å². The van der Waals surface area contributed by atoms with Gasteiger partial charge in [0.05, 0.1) is 17.9 Å². The Balaban J connectivity index is 1.52. The van der Waals surface area contributed by atoms with E-state index < -0.39 is 0 Å². The number of H-pyrrole nitrogens is 1. The molecule has 0 bridgehead atoms. The first-order chi connectivity index (χ1) is 17.2. The SMILES string of the molecule is CCCc1c(C=O)n(-c2ccccc2)c(=O)n1Cc1ccc(-c2ccccc2-c2nnn[nH]2)cc1. The van der Waals surface area contributed by atoms with Crippen molar-refractivity contribution in [3.05, 3.63) is 106 Å². The van der Waals surface area contributed by atoms with Crippen molar-refractivity contribution in [2.75, 3.05) is 0 Å². The van der Waals surface area contributed by atoms with Gasteiger partial charge in [-0.3, -0.25) is 13.9 Å². The Kier molecular flexibility index (Phi) is 6.17. The zero-order chi connectivity index (χ0) is 24.2. The van der Waals surface area contributed by atoms with E-state index >= 15 is 0 Å². The molecule has 3 aromatic carbocycles. The Morgan fingerprint density at radius 1 is 0.914 bits per heavy atom. The molecule has 0 unspecified atom stereocenters. The molecule has 0 aliphatic heterocycles. The summed E-state index contributed by atoms with van der Waals surface area (Å²) in [6.07, 6.45) is 2.25. The van der Waals surface area contributed by atoms with E-state index in [1.807, 2.05) is 85.8 Å². The fraction of sp³-hybridized carbons (Fsp3) is 0.148. The second kappa shape index (κ2) is 9.72. The Labute approximate surface area is 201 Å². The second-order valence-corrected chi connectivity index (χ2v) is 8.23. The maximum Gasteiger partial charge on any atom is 0.333 e. The molecule has 2 aromatic heterocycles. The van der Waals surface area contributed by atoms with Gasteiger partial charge in [-0.05, 0) is 45.7 Å². The lowest BCUT2D eigenvalue weighted by atomic mass is 9.98. The summed E-state index contributed by atoms with van der Waals surface area (Å²) in [5, 5.41) is 14.2. The highest BCUT2D eigenvalue weighted by Crippen LogP contribution is 2.30. The highest BCUT2D eigenvalue weighted by molar-refractivity contribution is 5.80. The van der Waals surface area contributed by atoms with Crippen LogP contribution in [0.15, 0.2) is 83.7 Å². The summed E-state index contributed by atoms with van der Waals surface area (Å²) in [6, 6.07) is 25.3. The largest absolute Gasteiger partial charge is 0.333 e. The zero-order valence-electron chi connectivity index (χ0n) is 19.3. The fourth-order valence-electron chi connectivity index (χ4n) is 4.40. The first-order valence-electron chi connectivity index (χ1n) is 11.5. The third kappa shape index (κ3) is 4.21. The maximum atomic E-state index is 13.5. The van der Waals surface area contributed by atoms with Crippen molar-refractivity contribution in [3.63, 3.8) is 0 Å². The molecule has 0 atom stereocenters. The summed E-state index contributed by atoms with van der Waals surface area (Å²) in [6.45, 7) is 2.42. The highest BCUT2D eigenvalue weighted by Gasteiger charge is 2.20. The summed E-state index contributed by atoms with van der Waals surface area (Å²) < 4.78 is 3.22. The van der Waals surface area contributed by atoms with E-state index in [-0.39, 0.29) is 5.69 Å². The number of hydrogen-bond acceptors (Lipinski definition) is 5. The topological polar surface area (TPSA) is 98.5 Å². The average molecular weight is 465 g/mol. The standard InChI is InChI=1S/C27H24N6O2/c1-2-8-24-25(18-34)33(21-9-4-3-5-10-21)27(35)32(24)17-19-13-15-20(16-14-19)22-11-6-7-12-23(22)26-28-30-31-29-26/h3-7,9-16,18H,2,8,17H2,1H3,(H,28,29,30,31). The van der Waals surface area contributed by atoms with Gasteiger partial charge in [-0.1, -0.05) is 80.1 Å². The predicted octanol–water partition coefficient (Wildman–Crippen LogP) is 4.30. The molecule has 174 valence electrons. The number of aromatic nitrogens is 6. The molecule has 0 fully saturated rings. The number of nitrogens with one attached hydrogen (secondary N) is 1. The highest BCUT2D eigenvalue weighted by atomic mass is 16.2. The molecule has 1 N–H and O–H groups in total. The van der Waals surface area contributed by atoms with Gasteiger partial charge in [-0.15, -0.1) is 5.10 Å². The fourth-order valence-corrected chi connectivity index (χ4v) is 4.40. The Morgan fingerprint density at radius 2 is 1.63 bits per heavy atom. The normalized spacial score (nSPS) is 11.0. The second-order valence-electron chi connectivity index (χ2n) is 8.23. The van der Waals surface area contributed by atoms with Crippen molar-refractivity contribution >= 4 is 6.29 Å². The maximum absolute atomic E-state index is 13.5. The van der Waals surface area contributed by atoms with Gasteiger partial charge >= 0.3 is 5.69 Å². The summed E-state index contributed by atoms with van der Waals surface area (Å²) in [5.41, 5.74) is 5.52. The van der Waals surface area contributed by atoms with Crippen LogP contribution in [0.25, 0.3) is 28.2 Å². The van der Waals surface area contributed by atoms with Crippen molar-refractivity contribution in [1.29, 1.82) is 0 Å². The number of aromatic amines is 1. The van der Waals surface area contributed by atoms with E-state index in [2.05, 4.69) is 20.6 Å². The summed E-state index contributed by atoms with van der Waals surface area (Å²) >= 11 is 0. The molecule has 5 aromatic rings. The van der Waals surface area contributed by atoms with E-state index in [9.17, 15) is 9.59 Å². The average Bonchev–Trinajstić information content (AvgIpc) is 3.53. The molecule has 0 aliphatic carbocycles. The van der Waals surface area contributed by atoms with Crippen LogP contribution in [0.1, 0.15) is 35.1 Å². The minimum Gasteiger partial charge on any atom is -0.296 e. The van der Waals surface area contributed by atoms with Crippen LogP contribution in [0.4, 0.5) is 0 Å². The van der Waals surface area contributed by atoms with Gasteiger partial charge in [0.25, 0.3) is 0 Å². The third-order valence-electron chi connectivity index (χ3n) is 6.03. The number of carbonyl (C=O) groups is 1. The quantitative estimate of drug-likeness (QED) is 0.345. The van der Waals surface area contributed by atoms with Crippen LogP contribution in [-0.4, -0.2) is 36.0 Å². The summed E-state index contributed by atoms with van der Waals surface area (Å²) in [5.74, 6) is 0.601. The van der Waals surface area contributed by atoms with Crippen LogP contribution in [-0.2, 0) is 13.0 Å². The Morgan fingerprint density at radius 3 is 2.29 bits per heavy atom. The van der Waals surface area contributed by atoms with Gasteiger partial charge in [-0.25, -0.2) is 9.89 Å². The monoisotopic (exact) mass is 464 g/mol. The van der Waals surface area contributed by atoms with Crippen LogP contribution in [0.5, 0.6) is 0 Å². The first-order valence-corrected chi connectivity index (χ1v) is 11.5. The lowest BCUT2D eigenvalue weighted by Gasteiger charge is -2.10. The molecule has 8 heteroatoms. The molecule has 2 heterocycles. The molecule has 8 nitrogen and oxygen atoms in total. The van der Waals surface area contributed by atoms with Gasteiger partial charge in [0, 0.05) is 5.56 Å². The van der Waals surface area contributed by atoms with Crippen molar-refractivity contribution in [2.45, 2.75) is 26.3 Å². The molecular weight excluding hydrogens is 440 g/mol. The van der Waals surface area contributed by atoms with Crippen molar-refractivity contribution in [2.24, 2.45) is 0 Å². The van der Waals surface area contributed by atoms with Crippen LogP contribution in [0.2, 0.25) is 0 Å². The summed E-state index contributed by atoms with van der Waals surface area (Å²) in [4.78, 5) is 25.5. The molecule has 0 saturated carbocycles. The number of tetrazole rings is 1. The van der Waals surface area contributed by atoms with E-state index in [4.69, 9.17) is 0 Å². The Bertz CT molecular complexity index is 1500. The minimum absolute atomic E-state index is 0.214.